The van der Waals surface area contributed by atoms with Gasteiger partial charge < -0.3 is 15.1 Å². The molecule has 3 N–H and O–H groups in total. The zero-order valence-electron chi connectivity index (χ0n) is 14.2. The molecule has 0 aromatic rings. The highest BCUT2D eigenvalue weighted by atomic mass is 31.2. The fraction of sp³-hybridized carbons (Fsp3) is 0.778. The first-order chi connectivity index (χ1) is 12.0. The fourth-order valence-electron chi connectivity index (χ4n) is 7.37. The summed E-state index contributed by atoms with van der Waals surface area (Å²) >= 11 is 0. The van der Waals surface area contributed by atoms with Crippen molar-refractivity contribution >= 4 is 20.3 Å². The van der Waals surface area contributed by atoms with Crippen LogP contribution in [-0.2, 0) is 4.57 Å². The number of nitrogens with zero attached hydrogens (tertiary/aromatic N) is 2. The lowest BCUT2D eigenvalue weighted by Gasteiger charge is -2.69. The van der Waals surface area contributed by atoms with Crippen molar-refractivity contribution in [3.05, 3.63) is 11.6 Å². The second-order valence-electron chi connectivity index (χ2n) is 8.87. The Bertz CT molecular complexity index is 610. The molecule has 1 aliphatic heterocycles. The first-order valence-electron chi connectivity index (χ1n) is 9.57. The average Bonchev–Trinajstić information content (AvgIpc) is 2.89. The first kappa shape index (κ1) is 16.2. The third-order valence-electron chi connectivity index (χ3n) is 7.86. The molecule has 7 heteroatoms. The maximum absolute atomic E-state index is 10.6. The lowest BCUT2D eigenvalue weighted by atomic mass is 9.36. The molecular weight excluding hydrogens is 337 g/mol. The second kappa shape index (κ2) is 5.77. The van der Waals surface area contributed by atoms with Crippen molar-refractivity contribution < 1.29 is 14.4 Å². The van der Waals surface area contributed by atoms with Crippen molar-refractivity contribution in [3.63, 3.8) is 0 Å². The molecule has 0 unspecified atom stereocenters. The quantitative estimate of drug-likeness (QED) is 0.624. The van der Waals surface area contributed by atoms with Gasteiger partial charge in [-0.2, -0.15) is 0 Å². The Hall–Kier alpha value is -0.970. The van der Waals surface area contributed by atoms with Gasteiger partial charge in [-0.1, -0.05) is 0 Å². The number of hydrogen-bond acceptors (Lipinski definition) is 4. The van der Waals surface area contributed by atoms with Crippen LogP contribution in [0.15, 0.2) is 21.6 Å². The van der Waals surface area contributed by atoms with Gasteiger partial charge in [-0.15, -0.1) is 0 Å². The molecule has 25 heavy (non-hydrogen) atoms. The molecule has 0 amide bonds. The van der Waals surface area contributed by atoms with Gasteiger partial charge in [-0.05, 0) is 85.9 Å². The van der Waals surface area contributed by atoms with Gasteiger partial charge in [-0.3, -0.25) is 4.57 Å². The van der Waals surface area contributed by atoms with Crippen molar-refractivity contribution in [1.82, 2.24) is 5.32 Å². The van der Waals surface area contributed by atoms with Crippen molar-refractivity contribution in [3.8, 4) is 0 Å². The molecule has 0 aromatic heterocycles. The molecular formula is C18H26N3O3P. The molecule has 0 saturated heterocycles. The Balaban J connectivity index is 0.000000117. The Morgan fingerprint density at radius 2 is 1.28 bits per heavy atom. The molecule has 136 valence electrons. The molecule has 0 atom stereocenters. The highest BCUT2D eigenvalue weighted by molar-refractivity contribution is 7.56. The topological polar surface area (TPSA) is 94.3 Å². The van der Waals surface area contributed by atoms with Crippen molar-refractivity contribution in [1.29, 1.82) is 0 Å². The maximum atomic E-state index is 10.6. The van der Waals surface area contributed by atoms with Crippen LogP contribution in [-0.4, -0.2) is 22.5 Å². The van der Waals surface area contributed by atoms with Gasteiger partial charge in [0.05, 0.1) is 12.5 Å². The number of rotatable bonds is 1. The summed E-state index contributed by atoms with van der Waals surface area (Å²) in [4.78, 5) is 24.2. The molecule has 8 bridgehead atoms. The molecule has 0 aromatic carbocycles. The molecule has 6 nitrogen and oxygen atoms in total. The van der Waals surface area contributed by atoms with Crippen LogP contribution < -0.4 is 5.32 Å². The van der Waals surface area contributed by atoms with Gasteiger partial charge in [0, 0.05) is 0 Å². The molecule has 7 fully saturated rings. The SMILES string of the molecule is C1C2CC3C4CC5CC(C14)C(C2)C3C5.O=P(O)(O)C1=CN=CN=CN1. The van der Waals surface area contributed by atoms with E-state index in [1.165, 1.54) is 53.7 Å². The van der Waals surface area contributed by atoms with Gasteiger partial charge in [0.25, 0.3) is 0 Å². The summed E-state index contributed by atoms with van der Waals surface area (Å²) in [7, 11) is -4.22. The van der Waals surface area contributed by atoms with Crippen molar-refractivity contribution in [2.24, 2.45) is 57.3 Å². The van der Waals surface area contributed by atoms with Gasteiger partial charge in [0.2, 0.25) is 0 Å². The number of aliphatic imine (C=N–C) groups is 2. The van der Waals surface area contributed by atoms with Gasteiger partial charge in [-0.25, -0.2) is 9.98 Å². The molecule has 8 aliphatic rings. The summed E-state index contributed by atoms with van der Waals surface area (Å²) in [5.41, 5.74) is -0.255. The first-order valence-corrected chi connectivity index (χ1v) is 11.2. The zero-order valence-corrected chi connectivity index (χ0v) is 15.1. The van der Waals surface area contributed by atoms with Crippen LogP contribution in [0, 0.1) is 47.3 Å². The Morgan fingerprint density at radius 1 is 0.840 bits per heavy atom. The van der Waals surface area contributed by atoms with E-state index in [1.807, 2.05) is 0 Å². The normalized spacial score (nSPS) is 47.8. The van der Waals surface area contributed by atoms with Crippen LogP contribution in [0.4, 0.5) is 0 Å². The molecule has 7 aliphatic carbocycles. The van der Waals surface area contributed by atoms with Crippen molar-refractivity contribution in [2.45, 2.75) is 38.5 Å². The zero-order chi connectivity index (χ0) is 17.2. The third-order valence-corrected chi connectivity index (χ3v) is 8.74. The monoisotopic (exact) mass is 363 g/mol. The lowest BCUT2D eigenvalue weighted by molar-refractivity contribution is -0.202. The van der Waals surface area contributed by atoms with Gasteiger partial charge >= 0.3 is 7.60 Å². The van der Waals surface area contributed by atoms with E-state index in [0.717, 1.165) is 12.5 Å². The Kier molecular flexibility index (Phi) is 3.74. The fourth-order valence-corrected chi connectivity index (χ4v) is 7.81. The predicted molar refractivity (Wildman–Crippen MR) is 95.9 cm³/mol. The van der Waals surface area contributed by atoms with E-state index in [2.05, 4.69) is 15.3 Å². The summed E-state index contributed by atoms with van der Waals surface area (Å²) in [6, 6.07) is 0. The van der Waals surface area contributed by atoms with E-state index < -0.39 is 7.60 Å². The average molecular weight is 363 g/mol. The Morgan fingerprint density at radius 3 is 1.68 bits per heavy atom. The van der Waals surface area contributed by atoms with Crippen LogP contribution in [0.25, 0.3) is 0 Å². The number of nitrogens with one attached hydrogen (secondary N) is 1. The van der Waals surface area contributed by atoms with E-state index >= 15 is 0 Å². The van der Waals surface area contributed by atoms with Crippen LogP contribution in [0.5, 0.6) is 0 Å². The summed E-state index contributed by atoms with van der Waals surface area (Å²) in [5.74, 6) is 9.74. The molecule has 0 spiro atoms. The molecule has 0 radical (unpaired) electrons. The molecule has 8 rings (SSSR count). The van der Waals surface area contributed by atoms with Gasteiger partial charge in [0.15, 0.2) is 0 Å². The minimum absolute atomic E-state index is 0.255. The summed E-state index contributed by atoms with van der Waals surface area (Å²) in [6.07, 6.45) is 13.3. The van der Waals surface area contributed by atoms with Crippen LogP contribution >= 0.6 is 7.60 Å². The standard InChI is InChI=1S/C14H20.C4H6N3O3P/c1-7-2-12-10-4-8-5-11(9(1)10)13(3-7)14(12)6-8;8-11(9,10)4-1-5-2-6-3-7-4/h7-14H,1-6H2;1-3H,(H,5,6,7)(H2,8,9,10). The van der Waals surface area contributed by atoms with E-state index in [0.29, 0.717) is 0 Å². The van der Waals surface area contributed by atoms with Crippen molar-refractivity contribution in [2.75, 3.05) is 0 Å². The summed E-state index contributed by atoms with van der Waals surface area (Å²) < 4.78 is 10.6. The molecule has 7 saturated carbocycles. The highest BCUT2D eigenvalue weighted by Gasteiger charge is 2.63. The smallest absolute Gasteiger partial charge is 0.338 e. The van der Waals surface area contributed by atoms with Crippen LogP contribution in [0.2, 0.25) is 0 Å². The molecule has 1 heterocycles. The lowest BCUT2D eigenvalue weighted by Crippen LogP contribution is -2.62. The van der Waals surface area contributed by atoms with E-state index in [1.54, 1.807) is 38.5 Å². The second-order valence-corrected chi connectivity index (χ2v) is 10.4. The number of hydrogen-bond donors (Lipinski definition) is 3. The van der Waals surface area contributed by atoms with Gasteiger partial charge in [0.1, 0.15) is 11.8 Å². The van der Waals surface area contributed by atoms with E-state index in [9.17, 15) is 4.57 Å². The largest absolute Gasteiger partial charge is 0.373 e. The minimum Gasteiger partial charge on any atom is -0.338 e. The van der Waals surface area contributed by atoms with E-state index in [4.69, 9.17) is 9.79 Å². The maximum Gasteiger partial charge on any atom is 0.373 e. The summed E-state index contributed by atoms with van der Waals surface area (Å²) in [5, 5.41) is 2.30. The van der Waals surface area contributed by atoms with Crippen LogP contribution in [0.1, 0.15) is 38.5 Å². The Labute approximate surface area is 148 Å². The van der Waals surface area contributed by atoms with Crippen LogP contribution in [0.3, 0.4) is 0 Å². The summed E-state index contributed by atoms with van der Waals surface area (Å²) in [6.45, 7) is 0. The van der Waals surface area contributed by atoms with E-state index in [-0.39, 0.29) is 5.44 Å². The minimum atomic E-state index is -4.22. The third kappa shape index (κ3) is 2.65. The highest BCUT2D eigenvalue weighted by Crippen LogP contribution is 2.71. The predicted octanol–water partition coefficient (Wildman–Crippen LogP) is 2.95.